The minimum absolute atomic E-state index is 0.00603. The van der Waals surface area contributed by atoms with Crippen molar-refractivity contribution >= 4 is 11.9 Å². The van der Waals surface area contributed by atoms with Gasteiger partial charge in [-0.05, 0) is 29.8 Å². The van der Waals surface area contributed by atoms with E-state index in [9.17, 15) is 4.79 Å². The number of rotatable bonds is 7. The summed E-state index contributed by atoms with van der Waals surface area (Å²) in [6, 6.07) is 13.4. The number of methoxy groups -OCH3 is 2. The van der Waals surface area contributed by atoms with Gasteiger partial charge >= 0.3 is 0 Å². The van der Waals surface area contributed by atoms with E-state index in [-0.39, 0.29) is 5.91 Å². The van der Waals surface area contributed by atoms with Gasteiger partial charge in [0, 0.05) is 58.5 Å². The maximum Gasteiger partial charge on any atom is 0.253 e. The van der Waals surface area contributed by atoms with Gasteiger partial charge in [0.2, 0.25) is 0 Å². The molecular formula is C22H30N4O3. The highest BCUT2D eigenvalue weighted by molar-refractivity contribution is 5.93. The number of amides is 1. The summed E-state index contributed by atoms with van der Waals surface area (Å²) in [4.78, 5) is 19.9. The van der Waals surface area contributed by atoms with Crippen molar-refractivity contribution in [2.24, 2.45) is 4.99 Å². The quantitative estimate of drug-likeness (QED) is 0.574. The van der Waals surface area contributed by atoms with Gasteiger partial charge in [-0.25, -0.2) is 0 Å². The first-order valence-electron chi connectivity index (χ1n) is 9.32. The highest BCUT2D eigenvalue weighted by Gasteiger charge is 2.12. The smallest absolute Gasteiger partial charge is 0.253 e. The predicted octanol–water partition coefficient (Wildman–Crippen LogP) is 2.61. The summed E-state index contributed by atoms with van der Waals surface area (Å²) in [5.41, 5.74) is 2.77. The fraction of sp³-hybridized carbons (Fsp3) is 0.364. The fourth-order valence-electron chi connectivity index (χ4n) is 2.90. The number of guanidine groups is 1. The SMILES string of the molecule is CN=C(NCc1ccc(C(=O)N(C)C)cc1)N(C)Cc1ccc(OC)cc1OC. The third-order valence-electron chi connectivity index (χ3n) is 4.53. The summed E-state index contributed by atoms with van der Waals surface area (Å²) in [7, 11) is 10.5. The van der Waals surface area contributed by atoms with Crippen molar-refractivity contribution < 1.29 is 14.3 Å². The van der Waals surface area contributed by atoms with Crippen molar-refractivity contribution in [3.8, 4) is 11.5 Å². The van der Waals surface area contributed by atoms with Crippen molar-refractivity contribution in [1.29, 1.82) is 0 Å². The number of aliphatic imine (C=N–C) groups is 1. The highest BCUT2D eigenvalue weighted by atomic mass is 16.5. The molecule has 1 amide bonds. The van der Waals surface area contributed by atoms with Crippen LogP contribution in [0.5, 0.6) is 11.5 Å². The number of nitrogens with one attached hydrogen (secondary N) is 1. The van der Waals surface area contributed by atoms with Crippen LogP contribution in [0.4, 0.5) is 0 Å². The van der Waals surface area contributed by atoms with E-state index in [4.69, 9.17) is 9.47 Å². The molecule has 0 fully saturated rings. The van der Waals surface area contributed by atoms with Crippen molar-refractivity contribution in [3.05, 3.63) is 59.2 Å². The van der Waals surface area contributed by atoms with Crippen molar-refractivity contribution in [1.82, 2.24) is 15.1 Å². The van der Waals surface area contributed by atoms with E-state index in [1.54, 1.807) is 40.3 Å². The molecule has 0 saturated heterocycles. The molecule has 2 aromatic carbocycles. The van der Waals surface area contributed by atoms with Gasteiger partial charge in [-0.15, -0.1) is 0 Å². The molecular weight excluding hydrogens is 368 g/mol. The average molecular weight is 399 g/mol. The second-order valence-electron chi connectivity index (χ2n) is 6.83. The third kappa shape index (κ3) is 5.88. The van der Waals surface area contributed by atoms with Gasteiger partial charge in [-0.2, -0.15) is 0 Å². The number of carbonyl (C=O) groups is 1. The Hall–Kier alpha value is -3.22. The van der Waals surface area contributed by atoms with Crippen LogP contribution in [0.15, 0.2) is 47.5 Å². The maximum absolute atomic E-state index is 12.0. The number of nitrogens with zero attached hydrogens (tertiary/aromatic N) is 3. The average Bonchev–Trinajstić information content (AvgIpc) is 2.74. The zero-order chi connectivity index (χ0) is 21.4. The Labute approximate surface area is 172 Å². The molecule has 0 aliphatic carbocycles. The first-order valence-corrected chi connectivity index (χ1v) is 9.32. The molecule has 2 rings (SSSR count). The normalized spacial score (nSPS) is 11.0. The fourth-order valence-corrected chi connectivity index (χ4v) is 2.90. The Bertz CT molecular complexity index is 848. The molecule has 0 aliphatic heterocycles. The van der Waals surface area contributed by atoms with E-state index < -0.39 is 0 Å². The lowest BCUT2D eigenvalue weighted by Crippen LogP contribution is -2.38. The maximum atomic E-state index is 12.0. The van der Waals surface area contributed by atoms with Crippen LogP contribution in [0, 0.1) is 0 Å². The van der Waals surface area contributed by atoms with Crippen molar-refractivity contribution in [2.45, 2.75) is 13.1 Å². The first-order chi connectivity index (χ1) is 13.9. The summed E-state index contributed by atoms with van der Waals surface area (Å²) >= 11 is 0. The van der Waals surface area contributed by atoms with Gasteiger partial charge < -0.3 is 24.6 Å². The van der Waals surface area contributed by atoms with Crippen LogP contribution < -0.4 is 14.8 Å². The molecule has 29 heavy (non-hydrogen) atoms. The summed E-state index contributed by atoms with van der Waals surface area (Å²) in [6.07, 6.45) is 0. The molecule has 0 aromatic heterocycles. The molecule has 156 valence electrons. The minimum Gasteiger partial charge on any atom is -0.497 e. The number of hydrogen-bond donors (Lipinski definition) is 1. The molecule has 0 bridgehead atoms. The summed E-state index contributed by atoms with van der Waals surface area (Å²) in [5.74, 6) is 2.28. The van der Waals surface area contributed by atoms with Crippen LogP contribution in [0.2, 0.25) is 0 Å². The Balaban J connectivity index is 2.00. The van der Waals surface area contributed by atoms with Crippen LogP contribution in [-0.4, -0.2) is 64.1 Å². The van der Waals surface area contributed by atoms with Crippen LogP contribution in [0.3, 0.4) is 0 Å². The van der Waals surface area contributed by atoms with Gasteiger partial charge in [0.05, 0.1) is 14.2 Å². The molecule has 0 spiro atoms. The lowest BCUT2D eigenvalue weighted by molar-refractivity contribution is 0.0827. The largest absolute Gasteiger partial charge is 0.497 e. The zero-order valence-corrected chi connectivity index (χ0v) is 18.0. The van der Waals surface area contributed by atoms with Gasteiger partial charge in [0.15, 0.2) is 5.96 Å². The summed E-state index contributed by atoms with van der Waals surface area (Å²) in [6.45, 7) is 1.23. The second-order valence-corrected chi connectivity index (χ2v) is 6.83. The standard InChI is InChI=1S/C22H30N4O3/c1-23-22(24-14-16-7-9-17(10-8-16)21(27)25(2)3)26(4)15-18-11-12-19(28-5)13-20(18)29-6/h7-13H,14-15H2,1-6H3,(H,23,24). The number of hydrogen-bond acceptors (Lipinski definition) is 4. The van der Waals surface area contributed by atoms with Crippen LogP contribution in [0.25, 0.3) is 0 Å². The lowest BCUT2D eigenvalue weighted by Gasteiger charge is -2.23. The van der Waals surface area contributed by atoms with Gasteiger partial charge in [-0.3, -0.25) is 9.79 Å². The third-order valence-corrected chi connectivity index (χ3v) is 4.53. The van der Waals surface area contributed by atoms with Crippen LogP contribution in [0.1, 0.15) is 21.5 Å². The molecule has 2 aromatic rings. The molecule has 0 radical (unpaired) electrons. The van der Waals surface area contributed by atoms with Crippen LogP contribution in [-0.2, 0) is 13.1 Å². The monoisotopic (exact) mass is 398 g/mol. The molecule has 7 heteroatoms. The van der Waals surface area contributed by atoms with E-state index in [0.717, 1.165) is 28.6 Å². The molecule has 7 nitrogen and oxygen atoms in total. The summed E-state index contributed by atoms with van der Waals surface area (Å²) in [5, 5.41) is 3.35. The van der Waals surface area contributed by atoms with E-state index in [0.29, 0.717) is 18.7 Å². The zero-order valence-electron chi connectivity index (χ0n) is 18.0. The molecule has 1 N–H and O–H groups in total. The molecule has 0 atom stereocenters. The first kappa shape index (κ1) is 22.1. The predicted molar refractivity (Wildman–Crippen MR) is 116 cm³/mol. The summed E-state index contributed by atoms with van der Waals surface area (Å²) < 4.78 is 10.7. The topological polar surface area (TPSA) is 66.4 Å². The molecule has 0 aliphatic rings. The van der Waals surface area contributed by atoms with E-state index in [1.165, 1.54) is 0 Å². The van der Waals surface area contributed by atoms with Gasteiger partial charge in [-0.1, -0.05) is 12.1 Å². The lowest BCUT2D eigenvalue weighted by atomic mass is 10.1. The van der Waals surface area contributed by atoms with Crippen molar-refractivity contribution in [2.75, 3.05) is 42.4 Å². The number of carbonyl (C=O) groups excluding carboxylic acids is 1. The highest BCUT2D eigenvalue weighted by Crippen LogP contribution is 2.25. The van der Waals surface area contributed by atoms with E-state index in [1.807, 2.05) is 54.4 Å². The number of benzene rings is 2. The molecule has 0 unspecified atom stereocenters. The second kappa shape index (κ2) is 10.4. The van der Waals surface area contributed by atoms with Crippen LogP contribution >= 0.6 is 0 Å². The Morgan fingerprint density at radius 2 is 1.72 bits per heavy atom. The van der Waals surface area contributed by atoms with Gasteiger partial charge in [0.25, 0.3) is 5.91 Å². The van der Waals surface area contributed by atoms with Crippen molar-refractivity contribution in [3.63, 3.8) is 0 Å². The molecule has 0 saturated carbocycles. The Morgan fingerprint density at radius 1 is 1.03 bits per heavy atom. The van der Waals surface area contributed by atoms with Gasteiger partial charge in [0.1, 0.15) is 11.5 Å². The minimum atomic E-state index is -0.00603. The number of ether oxygens (including phenoxy) is 2. The Kier molecular flexibility index (Phi) is 7.88. The Morgan fingerprint density at radius 3 is 2.28 bits per heavy atom. The van der Waals surface area contributed by atoms with E-state index in [2.05, 4.69) is 10.3 Å². The van der Waals surface area contributed by atoms with E-state index >= 15 is 0 Å². The molecule has 0 heterocycles.